The highest BCUT2D eigenvalue weighted by Gasteiger charge is 2.36. The van der Waals surface area contributed by atoms with E-state index in [1.54, 1.807) is 6.07 Å². The van der Waals surface area contributed by atoms with Gasteiger partial charge in [0.15, 0.2) is 11.6 Å². The fourth-order valence-electron chi connectivity index (χ4n) is 1.11. The summed E-state index contributed by atoms with van der Waals surface area (Å²) in [5, 5.41) is 0. The molecule has 0 fully saturated rings. The highest BCUT2D eigenvalue weighted by atomic mass is 79.9. The Morgan fingerprint density at radius 2 is 2.00 bits per heavy atom. The maximum Gasteiger partial charge on any atom is 0.338 e. The van der Waals surface area contributed by atoms with Crippen LogP contribution in [0.25, 0.3) is 0 Å². The Morgan fingerprint density at radius 1 is 1.38 bits per heavy atom. The minimum atomic E-state index is -1.25. The molecule has 6 heteroatoms. The molecule has 0 saturated heterocycles. The molecule has 88 valence electrons. The number of benzene rings is 1. The lowest BCUT2D eigenvalue weighted by molar-refractivity contribution is -0.140. The first kappa shape index (κ1) is 13.4. The molecule has 0 unspecified atom stereocenters. The number of rotatable bonds is 3. The molecule has 0 aliphatic heterocycles. The van der Waals surface area contributed by atoms with Crippen LogP contribution in [0, 0.1) is 5.82 Å². The lowest BCUT2D eigenvalue weighted by atomic mass is 10.1. The van der Waals surface area contributed by atoms with Gasteiger partial charge in [0.05, 0.1) is 14.2 Å². The lowest BCUT2D eigenvalue weighted by Gasteiger charge is -2.18. The molecule has 0 aromatic heterocycles. The number of hydrogen-bond donors (Lipinski definition) is 0. The van der Waals surface area contributed by atoms with Gasteiger partial charge in [0.1, 0.15) is 0 Å². The van der Waals surface area contributed by atoms with Crippen molar-refractivity contribution in [3.8, 4) is 5.75 Å². The summed E-state index contributed by atoms with van der Waals surface area (Å²) in [4.78, 5) is 11.4. The van der Waals surface area contributed by atoms with E-state index in [1.807, 2.05) is 0 Å². The average Bonchev–Trinajstić information content (AvgIpc) is 2.27. The van der Waals surface area contributed by atoms with Crippen molar-refractivity contribution in [2.24, 2.45) is 0 Å². The molecule has 0 aliphatic rings. The molecule has 0 aliphatic carbocycles. The Hall–Kier alpha value is -0.620. The molecule has 1 aromatic carbocycles. The fourth-order valence-corrected chi connectivity index (χ4v) is 1.92. The topological polar surface area (TPSA) is 35.5 Å². The third kappa shape index (κ3) is 2.55. The number of halogens is 3. The second kappa shape index (κ2) is 5.14. The van der Waals surface area contributed by atoms with Gasteiger partial charge in [-0.05, 0) is 17.7 Å². The second-order valence-corrected chi connectivity index (χ2v) is 6.36. The standard InChI is InChI=1S/C10H9Br2FO3/c1-15-8-4-3-6(5-7(8)13)10(11,12)9(14)16-2/h3-5H,1-2H3. The maximum absolute atomic E-state index is 13.4. The van der Waals surface area contributed by atoms with Crippen molar-refractivity contribution >= 4 is 37.8 Å². The summed E-state index contributed by atoms with van der Waals surface area (Å²) in [6.45, 7) is 0. The van der Waals surface area contributed by atoms with Gasteiger partial charge in [-0.15, -0.1) is 0 Å². The SMILES string of the molecule is COC(=O)C(Br)(Br)c1ccc(OC)c(F)c1. The van der Waals surface area contributed by atoms with Gasteiger partial charge in [-0.2, -0.15) is 0 Å². The number of hydrogen-bond acceptors (Lipinski definition) is 3. The number of methoxy groups -OCH3 is 2. The van der Waals surface area contributed by atoms with E-state index in [0.717, 1.165) is 0 Å². The zero-order valence-electron chi connectivity index (χ0n) is 8.59. The molecule has 0 amide bonds. The molecule has 16 heavy (non-hydrogen) atoms. The van der Waals surface area contributed by atoms with Gasteiger partial charge in [-0.1, -0.05) is 37.9 Å². The molecule has 0 N–H and O–H groups in total. The molecule has 0 heterocycles. The molecular formula is C10H9Br2FO3. The number of esters is 1. The van der Waals surface area contributed by atoms with Crippen LogP contribution in [0.5, 0.6) is 5.75 Å². The van der Waals surface area contributed by atoms with Gasteiger partial charge in [0.2, 0.25) is 3.23 Å². The first-order chi connectivity index (χ1) is 7.43. The van der Waals surface area contributed by atoms with Gasteiger partial charge < -0.3 is 9.47 Å². The van der Waals surface area contributed by atoms with E-state index in [0.29, 0.717) is 5.56 Å². The Kier molecular flexibility index (Phi) is 4.32. The Balaban J connectivity index is 3.14. The summed E-state index contributed by atoms with van der Waals surface area (Å²) < 4.78 is 21.5. The summed E-state index contributed by atoms with van der Waals surface area (Å²) in [7, 11) is 2.62. The van der Waals surface area contributed by atoms with E-state index < -0.39 is 15.0 Å². The largest absolute Gasteiger partial charge is 0.494 e. The van der Waals surface area contributed by atoms with Crippen LogP contribution in [0.15, 0.2) is 18.2 Å². The Labute approximate surface area is 109 Å². The first-order valence-electron chi connectivity index (χ1n) is 4.23. The van der Waals surface area contributed by atoms with Crippen LogP contribution in [0.1, 0.15) is 5.56 Å². The van der Waals surface area contributed by atoms with Crippen LogP contribution in [0.4, 0.5) is 4.39 Å². The van der Waals surface area contributed by atoms with Crippen molar-refractivity contribution < 1.29 is 18.7 Å². The minimum Gasteiger partial charge on any atom is -0.494 e. The Morgan fingerprint density at radius 3 is 2.44 bits per heavy atom. The summed E-state index contributed by atoms with van der Waals surface area (Å²) in [6, 6.07) is 4.19. The number of carbonyl (C=O) groups excluding carboxylic acids is 1. The van der Waals surface area contributed by atoms with Gasteiger partial charge >= 0.3 is 5.97 Å². The lowest BCUT2D eigenvalue weighted by Crippen LogP contribution is -2.23. The molecule has 0 radical (unpaired) electrons. The third-order valence-corrected chi connectivity index (χ3v) is 3.52. The van der Waals surface area contributed by atoms with Crippen molar-refractivity contribution in [1.82, 2.24) is 0 Å². The molecular weight excluding hydrogens is 347 g/mol. The van der Waals surface area contributed by atoms with Crippen LogP contribution in [0.3, 0.4) is 0 Å². The van der Waals surface area contributed by atoms with Gasteiger partial charge in [-0.25, -0.2) is 9.18 Å². The highest BCUT2D eigenvalue weighted by Crippen LogP contribution is 2.40. The molecule has 0 spiro atoms. The van der Waals surface area contributed by atoms with Crippen molar-refractivity contribution in [1.29, 1.82) is 0 Å². The quantitative estimate of drug-likeness (QED) is 0.617. The third-order valence-electron chi connectivity index (χ3n) is 1.96. The van der Waals surface area contributed by atoms with Crippen LogP contribution >= 0.6 is 31.9 Å². The van der Waals surface area contributed by atoms with E-state index >= 15 is 0 Å². The molecule has 3 nitrogen and oxygen atoms in total. The van der Waals surface area contributed by atoms with E-state index in [4.69, 9.17) is 4.74 Å². The van der Waals surface area contributed by atoms with Gasteiger partial charge in [-0.3, -0.25) is 0 Å². The summed E-state index contributed by atoms with van der Waals surface area (Å²) in [6.07, 6.45) is 0. The van der Waals surface area contributed by atoms with E-state index in [1.165, 1.54) is 26.4 Å². The predicted octanol–water partition coefficient (Wildman–Crippen LogP) is 2.95. The van der Waals surface area contributed by atoms with E-state index in [-0.39, 0.29) is 5.75 Å². The zero-order valence-corrected chi connectivity index (χ0v) is 11.8. The molecule has 0 atom stereocenters. The Bertz CT molecular complexity index is 407. The van der Waals surface area contributed by atoms with Crippen molar-refractivity contribution in [2.75, 3.05) is 14.2 Å². The predicted molar refractivity (Wildman–Crippen MR) is 64.5 cm³/mol. The van der Waals surface area contributed by atoms with Crippen LogP contribution in [-0.4, -0.2) is 20.2 Å². The van der Waals surface area contributed by atoms with Crippen molar-refractivity contribution in [2.45, 2.75) is 3.23 Å². The first-order valence-corrected chi connectivity index (χ1v) is 5.82. The molecule has 0 saturated carbocycles. The van der Waals surface area contributed by atoms with Crippen molar-refractivity contribution in [3.05, 3.63) is 29.6 Å². The van der Waals surface area contributed by atoms with Crippen molar-refractivity contribution in [3.63, 3.8) is 0 Å². The van der Waals surface area contributed by atoms with Crippen LogP contribution < -0.4 is 4.74 Å². The molecule has 1 aromatic rings. The number of ether oxygens (including phenoxy) is 2. The highest BCUT2D eigenvalue weighted by molar-refractivity contribution is 9.25. The summed E-state index contributed by atoms with van der Waals surface area (Å²) in [5.41, 5.74) is 0.387. The van der Waals surface area contributed by atoms with Gasteiger partial charge in [0, 0.05) is 0 Å². The fraction of sp³-hybridized carbons (Fsp3) is 0.300. The van der Waals surface area contributed by atoms with Gasteiger partial charge in [0.25, 0.3) is 0 Å². The van der Waals surface area contributed by atoms with Crippen LogP contribution in [-0.2, 0) is 12.8 Å². The monoisotopic (exact) mass is 354 g/mol. The smallest absolute Gasteiger partial charge is 0.338 e. The van der Waals surface area contributed by atoms with E-state index in [9.17, 15) is 9.18 Å². The summed E-state index contributed by atoms with van der Waals surface area (Å²) in [5.74, 6) is -1.01. The zero-order chi connectivity index (χ0) is 12.3. The summed E-state index contributed by atoms with van der Waals surface area (Å²) >= 11 is 6.26. The van der Waals surface area contributed by atoms with E-state index in [2.05, 4.69) is 36.6 Å². The van der Waals surface area contributed by atoms with Crippen LogP contribution in [0.2, 0.25) is 0 Å². The average molecular weight is 356 g/mol. The molecule has 1 rings (SSSR count). The number of alkyl halides is 2. The molecule has 0 bridgehead atoms. The second-order valence-electron chi connectivity index (χ2n) is 2.92. The number of carbonyl (C=O) groups is 1. The normalized spacial score (nSPS) is 11.1. The minimum absolute atomic E-state index is 0.115. The maximum atomic E-state index is 13.4.